The number of hydrogen-bond acceptors (Lipinski definition) is 8. The Morgan fingerprint density at radius 1 is 1.20 bits per heavy atom. The average molecular weight is 340 g/mol. The molecule has 10 heteroatoms. The standard InChI is InChI=1S/C15H13FN8O/c16-11-3-1-10(2-4-11)15(25)23-22-13-12(19)14(21-9-20-13)24(7-5-17)8-6-18/h1-4,9H,7-8,19H2,(H,23,25)(H,20,21,22). The normalized spacial score (nSPS) is 9.56. The number of carbonyl (C=O) groups excluding carboxylic acids is 1. The van der Waals surface area contributed by atoms with Crippen LogP contribution in [0.1, 0.15) is 10.4 Å². The summed E-state index contributed by atoms with van der Waals surface area (Å²) >= 11 is 0. The van der Waals surface area contributed by atoms with Gasteiger partial charge in [-0.1, -0.05) is 0 Å². The first-order valence-electron chi connectivity index (χ1n) is 6.98. The summed E-state index contributed by atoms with van der Waals surface area (Å²) in [7, 11) is 0. The summed E-state index contributed by atoms with van der Waals surface area (Å²) in [6.45, 7) is -0.174. The molecule has 4 N–H and O–H groups in total. The number of carbonyl (C=O) groups is 1. The first-order chi connectivity index (χ1) is 12.1. The Balaban J connectivity index is 2.14. The van der Waals surface area contributed by atoms with Crippen molar-refractivity contribution in [2.75, 3.05) is 29.1 Å². The molecule has 0 bridgehead atoms. The molecule has 0 aliphatic heterocycles. The quantitative estimate of drug-likeness (QED) is 0.517. The fraction of sp³-hybridized carbons (Fsp3) is 0.133. The molecule has 0 saturated carbocycles. The van der Waals surface area contributed by atoms with Crippen LogP contribution in [0.25, 0.3) is 0 Å². The third-order valence-corrected chi connectivity index (χ3v) is 3.09. The van der Waals surface area contributed by atoms with E-state index in [0.717, 1.165) is 12.1 Å². The Labute approximate surface area is 142 Å². The van der Waals surface area contributed by atoms with E-state index >= 15 is 0 Å². The van der Waals surface area contributed by atoms with Crippen LogP contribution in [0.5, 0.6) is 0 Å². The molecule has 2 rings (SSSR count). The van der Waals surface area contributed by atoms with Crippen LogP contribution in [-0.2, 0) is 0 Å². The second-order valence-electron chi connectivity index (χ2n) is 4.72. The molecule has 1 aromatic heterocycles. The number of anilines is 3. The number of aromatic nitrogens is 2. The number of nitrogens with two attached hydrogens (primary N) is 1. The number of nitriles is 2. The summed E-state index contributed by atoms with van der Waals surface area (Å²) in [5.41, 5.74) is 11.2. The van der Waals surface area contributed by atoms with Crippen molar-refractivity contribution in [3.63, 3.8) is 0 Å². The molecule has 0 aliphatic rings. The number of benzene rings is 1. The van der Waals surface area contributed by atoms with Crippen LogP contribution >= 0.6 is 0 Å². The van der Waals surface area contributed by atoms with Crippen LogP contribution in [-0.4, -0.2) is 29.0 Å². The number of nitrogens with zero attached hydrogens (tertiary/aromatic N) is 5. The van der Waals surface area contributed by atoms with Gasteiger partial charge < -0.3 is 10.6 Å². The van der Waals surface area contributed by atoms with Gasteiger partial charge in [-0.15, -0.1) is 0 Å². The Morgan fingerprint density at radius 2 is 1.84 bits per heavy atom. The van der Waals surface area contributed by atoms with Gasteiger partial charge in [0.1, 0.15) is 30.9 Å². The molecule has 0 aliphatic carbocycles. The van der Waals surface area contributed by atoms with E-state index in [1.165, 1.54) is 23.4 Å². The molecule has 0 spiro atoms. The molecule has 126 valence electrons. The first kappa shape index (κ1) is 17.4. The molecule has 25 heavy (non-hydrogen) atoms. The van der Waals surface area contributed by atoms with Gasteiger partial charge >= 0.3 is 0 Å². The van der Waals surface area contributed by atoms with Gasteiger partial charge in [-0.05, 0) is 24.3 Å². The highest BCUT2D eigenvalue weighted by molar-refractivity contribution is 5.95. The van der Waals surface area contributed by atoms with E-state index < -0.39 is 11.7 Å². The lowest BCUT2D eigenvalue weighted by molar-refractivity contribution is 0.0962. The van der Waals surface area contributed by atoms with Crippen molar-refractivity contribution in [2.24, 2.45) is 0 Å². The van der Waals surface area contributed by atoms with Crippen LogP contribution in [0.2, 0.25) is 0 Å². The van der Waals surface area contributed by atoms with Crippen molar-refractivity contribution in [2.45, 2.75) is 0 Å². The zero-order valence-electron chi connectivity index (χ0n) is 12.9. The SMILES string of the molecule is N#CCN(CC#N)c1ncnc(NNC(=O)c2ccc(F)cc2)c1N. The molecule has 1 aromatic carbocycles. The Hall–Kier alpha value is -3.92. The zero-order valence-corrected chi connectivity index (χ0v) is 12.9. The lowest BCUT2D eigenvalue weighted by atomic mass is 10.2. The minimum atomic E-state index is -0.523. The van der Waals surface area contributed by atoms with Gasteiger partial charge in [-0.25, -0.2) is 14.4 Å². The highest BCUT2D eigenvalue weighted by Gasteiger charge is 2.15. The van der Waals surface area contributed by atoms with Crippen molar-refractivity contribution in [1.29, 1.82) is 10.5 Å². The number of hydrogen-bond donors (Lipinski definition) is 3. The lowest BCUT2D eigenvalue weighted by Gasteiger charge is -2.20. The fourth-order valence-corrected chi connectivity index (χ4v) is 1.90. The Morgan fingerprint density at radius 3 is 2.44 bits per heavy atom. The highest BCUT2D eigenvalue weighted by Crippen LogP contribution is 2.25. The van der Waals surface area contributed by atoms with Crippen molar-refractivity contribution in [3.05, 3.63) is 42.0 Å². The maximum absolute atomic E-state index is 12.9. The number of nitrogen functional groups attached to an aromatic ring is 1. The largest absolute Gasteiger partial charge is 0.393 e. The number of nitrogens with one attached hydrogen (secondary N) is 2. The van der Waals surface area contributed by atoms with E-state index in [0.29, 0.717) is 0 Å². The van der Waals surface area contributed by atoms with Crippen LogP contribution in [0.15, 0.2) is 30.6 Å². The Bertz CT molecular complexity index is 824. The van der Waals surface area contributed by atoms with E-state index in [4.69, 9.17) is 16.3 Å². The molecule has 0 radical (unpaired) electrons. The predicted molar refractivity (Wildman–Crippen MR) is 87.4 cm³/mol. The minimum Gasteiger partial charge on any atom is -0.393 e. The second-order valence-corrected chi connectivity index (χ2v) is 4.72. The number of amides is 1. The maximum atomic E-state index is 12.9. The summed E-state index contributed by atoms with van der Waals surface area (Å²) in [6.07, 6.45) is 1.18. The van der Waals surface area contributed by atoms with E-state index in [9.17, 15) is 9.18 Å². The van der Waals surface area contributed by atoms with Gasteiger partial charge in [0.15, 0.2) is 11.6 Å². The van der Waals surface area contributed by atoms with Crippen molar-refractivity contribution in [3.8, 4) is 12.1 Å². The van der Waals surface area contributed by atoms with E-state index in [-0.39, 0.29) is 36.0 Å². The summed E-state index contributed by atoms with van der Waals surface area (Å²) in [5.74, 6) is -0.687. The highest BCUT2D eigenvalue weighted by atomic mass is 19.1. The zero-order chi connectivity index (χ0) is 18.2. The predicted octanol–water partition coefficient (Wildman–Crippen LogP) is 0.808. The molecule has 1 heterocycles. The summed E-state index contributed by atoms with van der Waals surface area (Å²) in [5, 5.41) is 17.6. The summed E-state index contributed by atoms with van der Waals surface area (Å²) < 4.78 is 12.9. The minimum absolute atomic E-state index is 0.0624. The first-order valence-corrected chi connectivity index (χ1v) is 6.98. The molecule has 0 unspecified atom stereocenters. The summed E-state index contributed by atoms with van der Waals surface area (Å²) in [6, 6.07) is 8.79. The average Bonchev–Trinajstić information content (AvgIpc) is 2.61. The van der Waals surface area contributed by atoms with Crippen LogP contribution in [0.4, 0.5) is 21.7 Å². The van der Waals surface area contributed by atoms with Gasteiger partial charge in [-0.2, -0.15) is 10.5 Å². The Kier molecular flexibility index (Phi) is 5.63. The second kappa shape index (κ2) is 8.08. The van der Waals surface area contributed by atoms with E-state index in [1.54, 1.807) is 0 Å². The van der Waals surface area contributed by atoms with Crippen molar-refractivity contribution < 1.29 is 9.18 Å². The molecule has 0 saturated heterocycles. The molecular weight excluding hydrogens is 327 g/mol. The number of halogens is 1. The smallest absolute Gasteiger partial charge is 0.269 e. The third-order valence-electron chi connectivity index (χ3n) is 3.09. The van der Waals surface area contributed by atoms with Gasteiger partial charge in [0.25, 0.3) is 5.91 Å². The van der Waals surface area contributed by atoms with Crippen molar-refractivity contribution >= 4 is 23.2 Å². The number of rotatable bonds is 6. The molecule has 2 aromatic rings. The fourth-order valence-electron chi connectivity index (χ4n) is 1.90. The monoisotopic (exact) mass is 340 g/mol. The maximum Gasteiger partial charge on any atom is 0.269 e. The summed E-state index contributed by atoms with van der Waals surface area (Å²) in [4.78, 5) is 21.2. The lowest BCUT2D eigenvalue weighted by Crippen LogP contribution is -2.31. The van der Waals surface area contributed by atoms with Crippen molar-refractivity contribution in [1.82, 2.24) is 15.4 Å². The van der Waals surface area contributed by atoms with Crippen LogP contribution in [0.3, 0.4) is 0 Å². The van der Waals surface area contributed by atoms with E-state index in [2.05, 4.69) is 20.8 Å². The molecule has 9 nitrogen and oxygen atoms in total. The van der Waals surface area contributed by atoms with Gasteiger partial charge in [0.2, 0.25) is 0 Å². The molecule has 1 amide bonds. The van der Waals surface area contributed by atoms with E-state index in [1.807, 2.05) is 12.1 Å². The van der Waals surface area contributed by atoms with Gasteiger partial charge in [0.05, 0.1) is 12.1 Å². The molecule has 0 atom stereocenters. The third kappa shape index (κ3) is 4.30. The van der Waals surface area contributed by atoms with Crippen LogP contribution < -0.4 is 21.5 Å². The molecular formula is C15H13FN8O. The van der Waals surface area contributed by atoms with Gasteiger partial charge in [0, 0.05) is 5.56 Å². The molecule has 0 fully saturated rings. The topological polar surface area (TPSA) is 144 Å². The van der Waals surface area contributed by atoms with Crippen LogP contribution in [0, 0.1) is 28.5 Å². The number of hydrazine groups is 1. The van der Waals surface area contributed by atoms with Gasteiger partial charge in [-0.3, -0.25) is 15.6 Å².